The average Bonchev–Trinajstić information content (AvgIpc) is 2.36. The van der Waals surface area contributed by atoms with Crippen LogP contribution in [-0.4, -0.2) is 56.1 Å². The van der Waals surface area contributed by atoms with Crippen LogP contribution in [0, 0.1) is 17.8 Å². The molecule has 2 N–H and O–H groups in total. The van der Waals surface area contributed by atoms with E-state index in [4.69, 9.17) is 5.73 Å². The van der Waals surface area contributed by atoms with E-state index in [-0.39, 0.29) is 0 Å². The van der Waals surface area contributed by atoms with E-state index in [9.17, 15) is 0 Å². The number of nitrogens with zero attached hydrogens (tertiary/aromatic N) is 2. The Hall–Kier alpha value is -0.120. The van der Waals surface area contributed by atoms with Crippen LogP contribution in [0.2, 0.25) is 0 Å². The highest BCUT2D eigenvalue weighted by Gasteiger charge is 2.30. The summed E-state index contributed by atoms with van der Waals surface area (Å²) in [6.45, 7) is 11.3. The molecule has 0 heterocycles. The second kappa shape index (κ2) is 9.01. The second-order valence-electron chi connectivity index (χ2n) is 7.53. The summed E-state index contributed by atoms with van der Waals surface area (Å²) in [7, 11) is 4.32. The molecule has 1 fully saturated rings. The highest BCUT2D eigenvalue weighted by molar-refractivity contribution is 4.85. The summed E-state index contributed by atoms with van der Waals surface area (Å²) in [5, 5.41) is 0. The van der Waals surface area contributed by atoms with E-state index < -0.39 is 0 Å². The Labute approximate surface area is 126 Å². The summed E-state index contributed by atoms with van der Waals surface area (Å²) in [5.74, 6) is 2.41. The molecule has 3 nitrogen and oxygen atoms in total. The molecule has 1 saturated carbocycles. The third-order valence-corrected chi connectivity index (χ3v) is 4.67. The Morgan fingerprint density at radius 1 is 1.15 bits per heavy atom. The van der Waals surface area contributed by atoms with Crippen LogP contribution < -0.4 is 5.73 Å². The van der Waals surface area contributed by atoms with Gasteiger partial charge in [0.2, 0.25) is 0 Å². The first kappa shape index (κ1) is 17.9. The van der Waals surface area contributed by atoms with Gasteiger partial charge in [-0.25, -0.2) is 0 Å². The Bertz CT molecular complexity index is 253. The minimum absolute atomic E-state index is 0.583. The predicted molar refractivity (Wildman–Crippen MR) is 88.9 cm³/mol. The van der Waals surface area contributed by atoms with Gasteiger partial charge in [-0.1, -0.05) is 33.6 Å². The van der Waals surface area contributed by atoms with Gasteiger partial charge in [0.1, 0.15) is 0 Å². The van der Waals surface area contributed by atoms with Crippen LogP contribution in [0.15, 0.2) is 0 Å². The summed E-state index contributed by atoms with van der Waals surface area (Å²) in [6, 6.07) is 0.583. The first-order valence-electron chi connectivity index (χ1n) is 8.52. The molecule has 0 bridgehead atoms. The smallest absolute Gasteiger partial charge is 0.0247 e. The molecule has 20 heavy (non-hydrogen) atoms. The maximum Gasteiger partial charge on any atom is 0.0247 e. The molecular weight excluding hydrogens is 246 g/mol. The van der Waals surface area contributed by atoms with E-state index in [1.165, 1.54) is 32.2 Å². The third-order valence-electron chi connectivity index (χ3n) is 4.67. The van der Waals surface area contributed by atoms with Crippen LogP contribution in [0.25, 0.3) is 0 Å². The number of hydrogen-bond acceptors (Lipinski definition) is 3. The van der Waals surface area contributed by atoms with Crippen LogP contribution in [0.5, 0.6) is 0 Å². The van der Waals surface area contributed by atoms with Crippen molar-refractivity contribution in [1.29, 1.82) is 0 Å². The molecule has 1 aliphatic carbocycles. The van der Waals surface area contributed by atoms with Crippen LogP contribution >= 0.6 is 0 Å². The van der Waals surface area contributed by atoms with Crippen molar-refractivity contribution < 1.29 is 0 Å². The van der Waals surface area contributed by atoms with Crippen molar-refractivity contribution in [3.05, 3.63) is 0 Å². The van der Waals surface area contributed by atoms with Gasteiger partial charge in [0.05, 0.1) is 0 Å². The van der Waals surface area contributed by atoms with Crippen molar-refractivity contribution in [2.24, 2.45) is 23.5 Å². The van der Waals surface area contributed by atoms with Crippen LogP contribution in [0.3, 0.4) is 0 Å². The van der Waals surface area contributed by atoms with Crippen LogP contribution in [0.1, 0.15) is 46.5 Å². The Balaban J connectivity index is 2.67. The SMILES string of the molecule is CC(C)CN(CCN(C)C)C(CN)C1CCCC(C)C1. The lowest BCUT2D eigenvalue weighted by Crippen LogP contribution is -2.50. The molecule has 3 heteroatoms. The van der Waals surface area contributed by atoms with Crippen molar-refractivity contribution in [3.8, 4) is 0 Å². The molecule has 0 aromatic heterocycles. The zero-order chi connectivity index (χ0) is 15.1. The predicted octanol–water partition coefficient (Wildman–Crippen LogP) is 2.66. The maximum atomic E-state index is 6.18. The Morgan fingerprint density at radius 3 is 2.35 bits per heavy atom. The summed E-state index contributed by atoms with van der Waals surface area (Å²) in [5.41, 5.74) is 6.18. The van der Waals surface area contributed by atoms with Crippen molar-refractivity contribution in [2.45, 2.75) is 52.5 Å². The fourth-order valence-corrected chi connectivity index (χ4v) is 3.66. The minimum Gasteiger partial charge on any atom is -0.329 e. The first-order chi connectivity index (χ1) is 9.43. The lowest BCUT2D eigenvalue weighted by atomic mass is 9.78. The van der Waals surface area contributed by atoms with Gasteiger partial charge in [0, 0.05) is 32.2 Å². The van der Waals surface area contributed by atoms with E-state index in [0.717, 1.165) is 31.5 Å². The van der Waals surface area contributed by atoms with Gasteiger partial charge in [-0.15, -0.1) is 0 Å². The fraction of sp³-hybridized carbons (Fsp3) is 1.00. The molecule has 1 aliphatic rings. The first-order valence-corrected chi connectivity index (χ1v) is 8.52. The summed E-state index contributed by atoms with van der Waals surface area (Å²) in [4.78, 5) is 4.96. The molecule has 120 valence electrons. The van der Waals surface area contributed by atoms with Gasteiger partial charge < -0.3 is 10.6 Å². The molecule has 3 unspecified atom stereocenters. The molecule has 0 aromatic carbocycles. The zero-order valence-corrected chi connectivity index (χ0v) is 14.4. The summed E-state index contributed by atoms with van der Waals surface area (Å²) in [6.07, 6.45) is 5.56. The van der Waals surface area contributed by atoms with Crippen molar-refractivity contribution in [1.82, 2.24) is 9.80 Å². The van der Waals surface area contributed by atoms with Gasteiger partial charge >= 0.3 is 0 Å². The number of hydrogen-bond donors (Lipinski definition) is 1. The lowest BCUT2D eigenvalue weighted by Gasteiger charge is -2.41. The van der Waals surface area contributed by atoms with Crippen molar-refractivity contribution in [3.63, 3.8) is 0 Å². The third kappa shape index (κ3) is 6.11. The van der Waals surface area contributed by atoms with E-state index in [1.807, 2.05) is 0 Å². The topological polar surface area (TPSA) is 32.5 Å². The standard InChI is InChI=1S/C17H37N3/c1-14(2)13-20(10-9-19(4)5)17(12-18)16-8-6-7-15(3)11-16/h14-17H,6-13,18H2,1-5H3. The minimum atomic E-state index is 0.583. The highest BCUT2D eigenvalue weighted by atomic mass is 15.2. The molecule has 0 radical (unpaired) electrons. The van der Waals surface area contributed by atoms with Crippen LogP contribution in [0.4, 0.5) is 0 Å². The van der Waals surface area contributed by atoms with Crippen molar-refractivity contribution in [2.75, 3.05) is 40.3 Å². The average molecular weight is 284 g/mol. The second-order valence-corrected chi connectivity index (χ2v) is 7.53. The molecule has 0 saturated heterocycles. The van der Waals surface area contributed by atoms with Crippen LogP contribution in [-0.2, 0) is 0 Å². The zero-order valence-electron chi connectivity index (χ0n) is 14.4. The Kier molecular flexibility index (Phi) is 8.08. The maximum absolute atomic E-state index is 6.18. The normalized spacial score (nSPS) is 25.6. The molecule has 0 amide bonds. The number of rotatable bonds is 8. The molecule has 0 aromatic rings. The monoisotopic (exact) mass is 283 g/mol. The number of nitrogens with two attached hydrogens (primary N) is 1. The molecule has 3 atom stereocenters. The van der Waals surface area contributed by atoms with Gasteiger partial charge in [0.15, 0.2) is 0 Å². The van der Waals surface area contributed by atoms with E-state index in [0.29, 0.717) is 12.0 Å². The van der Waals surface area contributed by atoms with E-state index >= 15 is 0 Å². The summed E-state index contributed by atoms with van der Waals surface area (Å²) < 4.78 is 0. The lowest BCUT2D eigenvalue weighted by molar-refractivity contribution is 0.0903. The number of likely N-dealkylation sites (N-methyl/N-ethyl adjacent to an activating group) is 1. The van der Waals surface area contributed by atoms with Gasteiger partial charge in [-0.3, -0.25) is 4.90 Å². The fourth-order valence-electron chi connectivity index (χ4n) is 3.66. The van der Waals surface area contributed by atoms with E-state index in [2.05, 4.69) is 44.7 Å². The van der Waals surface area contributed by atoms with E-state index in [1.54, 1.807) is 0 Å². The van der Waals surface area contributed by atoms with Gasteiger partial charge in [0.25, 0.3) is 0 Å². The van der Waals surface area contributed by atoms with Crippen molar-refractivity contribution >= 4 is 0 Å². The molecular formula is C17H37N3. The largest absolute Gasteiger partial charge is 0.329 e. The van der Waals surface area contributed by atoms with Gasteiger partial charge in [-0.2, -0.15) is 0 Å². The Morgan fingerprint density at radius 2 is 1.85 bits per heavy atom. The molecule has 0 spiro atoms. The molecule has 0 aliphatic heterocycles. The summed E-state index contributed by atoms with van der Waals surface area (Å²) >= 11 is 0. The van der Waals surface area contributed by atoms with Gasteiger partial charge in [-0.05, 0) is 44.7 Å². The highest BCUT2D eigenvalue weighted by Crippen LogP contribution is 2.32. The quantitative estimate of drug-likeness (QED) is 0.743. The molecule has 1 rings (SSSR count).